The number of rotatable bonds is 1. The van der Waals surface area contributed by atoms with Crippen LogP contribution in [0.4, 0.5) is 0 Å². The third-order valence-corrected chi connectivity index (χ3v) is 3.75. The lowest BCUT2D eigenvalue weighted by molar-refractivity contribution is 0.00528. The molecule has 0 bridgehead atoms. The second kappa shape index (κ2) is 4.42. The smallest absolute Gasteiger partial charge is 0.0931 e. The number of hydrogen-bond acceptors (Lipinski definition) is 2. The summed E-state index contributed by atoms with van der Waals surface area (Å²) in [6.07, 6.45) is 1.49. The van der Waals surface area contributed by atoms with Gasteiger partial charge in [0.1, 0.15) is 0 Å². The van der Waals surface area contributed by atoms with Crippen molar-refractivity contribution in [2.24, 2.45) is 0 Å². The minimum absolute atomic E-state index is 0.683. The van der Waals surface area contributed by atoms with Crippen LogP contribution < -0.4 is 5.32 Å². The molecule has 1 aromatic carbocycles. The van der Waals surface area contributed by atoms with E-state index in [1.807, 2.05) is 18.2 Å². The highest BCUT2D eigenvalue weighted by Gasteiger charge is 2.32. The van der Waals surface area contributed by atoms with Crippen LogP contribution in [0.25, 0.3) is 0 Å². The molecular weight excluding hydrogens is 277 g/mol. The second-order valence-corrected chi connectivity index (χ2v) is 5.20. The Balaban J connectivity index is 2.35. The first kappa shape index (κ1) is 11.4. The molecule has 0 aromatic heterocycles. The van der Waals surface area contributed by atoms with Crippen LogP contribution in [0.1, 0.15) is 18.4 Å². The summed E-state index contributed by atoms with van der Waals surface area (Å²) in [5.74, 6) is 0. The summed E-state index contributed by atoms with van der Waals surface area (Å²) in [7, 11) is 0. The summed E-state index contributed by atoms with van der Waals surface area (Å²) in [6, 6.07) is 5.55. The molecule has 0 atom stereocenters. The number of aliphatic hydroxyl groups is 1. The predicted octanol–water partition coefficient (Wildman–Crippen LogP) is 2.67. The van der Waals surface area contributed by atoms with Crippen molar-refractivity contribution < 1.29 is 5.11 Å². The fourth-order valence-corrected chi connectivity index (χ4v) is 3.03. The molecule has 0 unspecified atom stereocenters. The highest BCUT2D eigenvalue weighted by molar-refractivity contribution is 9.10. The molecule has 2 N–H and O–H groups in total. The number of piperidine rings is 1. The zero-order valence-corrected chi connectivity index (χ0v) is 10.6. The molecule has 0 aliphatic carbocycles. The third-order valence-electron chi connectivity index (χ3n) is 2.86. The molecule has 1 aliphatic heterocycles. The summed E-state index contributed by atoms with van der Waals surface area (Å²) in [4.78, 5) is 0. The van der Waals surface area contributed by atoms with Crippen LogP contribution in [0.3, 0.4) is 0 Å². The molecule has 1 heterocycles. The fourth-order valence-electron chi connectivity index (χ4n) is 1.98. The molecule has 82 valence electrons. The molecular formula is C11H13BrClNO. The van der Waals surface area contributed by atoms with Gasteiger partial charge in [-0.3, -0.25) is 0 Å². The standard InChI is InChI=1S/C11H13BrClNO/c12-10-7-8(13)1-2-9(10)11(15)3-5-14-6-4-11/h1-2,7,14-15H,3-6H2. The number of benzene rings is 1. The van der Waals surface area contributed by atoms with E-state index in [0.29, 0.717) is 5.02 Å². The topological polar surface area (TPSA) is 32.3 Å². The first-order valence-electron chi connectivity index (χ1n) is 5.00. The first-order chi connectivity index (χ1) is 7.12. The van der Waals surface area contributed by atoms with E-state index in [9.17, 15) is 5.11 Å². The Morgan fingerprint density at radius 2 is 2.00 bits per heavy atom. The Labute approximate surface area is 103 Å². The SMILES string of the molecule is OC1(c2ccc(Cl)cc2Br)CCNCC1. The fraction of sp³-hybridized carbons (Fsp3) is 0.455. The molecule has 15 heavy (non-hydrogen) atoms. The van der Waals surface area contributed by atoms with Crippen LogP contribution in [0.2, 0.25) is 5.02 Å². The molecule has 1 saturated heterocycles. The second-order valence-electron chi connectivity index (χ2n) is 3.91. The van der Waals surface area contributed by atoms with Gasteiger partial charge in [0.05, 0.1) is 5.60 Å². The van der Waals surface area contributed by atoms with Crippen molar-refractivity contribution in [3.8, 4) is 0 Å². The molecule has 0 saturated carbocycles. The van der Waals surface area contributed by atoms with Crippen LogP contribution in [-0.2, 0) is 5.60 Å². The third kappa shape index (κ3) is 2.36. The van der Waals surface area contributed by atoms with E-state index < -0.39 is 5.60 Å². The maximum absolute atomic E-state index is 10.5. The Kier molecular flexibility index (Phi) is 3.36. The lowest BCUT2D eigenvalue weighted by Crippen LogP contribution is -2.39. The van der Waals surface area contributed by atoms with E-state index in [1.54, 1.807) is 0 Å². The van der Waals surface area contributed by atoms with E-state index in [1.165, 1.54) is 0 Å². The zero-order chi connectivity index (χ0) is 10.9. The highest BCUT2D eigenvalue weighted by atomic mass is 79.9. The van der Waals surface area contributed by atoms with Crippen LogP contribution in [0.15, 0.2) is 22.7 Å². The van der Waals surface area contributed by atoms with Gasteiger partial charge in [0, 0.05) is 9.50 Å². The molecule has 1 fully saturated rings. The molecule has 1 aromatic rings. The maximum Gasteiger partial charge on any atom is 0.0931 e. The van der Waals surface area contributed by atoms with Gasteiger partial charge in [0.2, 0.25) is 0 Å². The Morgan fingerprint density at radius 3 is 2.60 bits per heavy atom. The van der Waals surface area contributed by atoms with Crippen molar-refractivity contribution in [3.63, 3.8) is 0 Å². The van der Waals surface area contributed by atoms with Gasteiger partial charge in [-0.1, -0.05) is 33.6 Å². The minimum atomic E-state index is -0.714. The monoisotopic (exact) mass is 289 g/mol. The van der Waals surface area contributed by atoms with Crippen molar-refractivity contribution in [3.05, 3.63) is 33.3 Å². The first-order valence-corrected chi connectivity index (χ1v) is 6.17. The van der Waals surface area contributed by atoms with Crippen molar-refractivity contribution in [1.82, 2.24) is 5.32 Å². The maximum atomic E-state index is 10.5. The van der Waals surface area contributed by atoms with Crippen molar-refractivity contribution >= 4 is 27.5 Å². The van der Waals surface area contributed by atoms with Gasteiger partial charge < -0.3 is 10.4 Å². The molecule has 4 heteroatoms. The van der Waals surface area contributed by atoms with Gasteiger partial charge in [-0.2, -0.15) is 0 Å². The highest BCUT2D eigenvalue weighted by Crippen LogP contribution is 2.36. The summed E-state index contributed by atoms with van der Waals surface area (Å²) >= 11 is 9.33. The molecule has 0 amide bonds. The van der Waals surface area contributed by atoms with Crippen molar-refractivity contribution in [2.75, 3.05) is 13.1 Å². The van der Waals surface area contributed by atoms with E-state index in [0.717, 1.165) is 36.0 Å². The average molecular weight is 291 g/mol. The minimum Gasteiger partial charge on any atom is -0.385 e. The zero-order valence-electron chi connectivity index (χ0n) is 8.26. The van der Waals surface area contributed by atoms with E-state index in [2.05, 4.69) is 21.2 Å². The molecule has 0 spiro atoms. The Morgan fingerprint density at radius 1 is 1.33 bits per heavy atom. The lowest BCUT2D eigenvalue weighted by atomic mass is 9.85. The summed E-state index contributed by atoms with van der Waals surface area (Å²) in [5, 5.41) is 14.4. The summed E-state index contributed by atoms with van der Waals surface area (Å²) in [6.45, 7) is 1.71. The number of nitrogens with one attached hydrogen (secondary N) is 1. The van der Waals surface area contributed by atoms with Crippen LogP contribution in [0, 0.1) is 0 Å². The van der Waals surface area contributed by atoms with Crippen molar-refractivity contribution in [1.29, 1.82) is 0 Å². The number of hydrogen-bond donors (Lipinski definition) is 2. The largest absolute Gasteiger partial charge is 0.385 e. The summed E-state index contributed by atoms with van der Waals surface area (Å²) in [5.41, 5.74) is 0.225. The lowest BCUT2D eigenvalue weighted by Gasteiger charge is -2.33. The van der Waals surface area contributed by atoms with Gasteiger partial charge in [0.25, 0.3) is 0 Å². The molecule has 0 radical (unpaired) electrons. The average Bonchev–Trinajstić information content (AvgIpc) is 2.18. The van der Waals surface area contributed by atoms with Crippen LogP contribution in [0.5, 0.6) is 0 Å². The van der Waals surface area contributed by atoms with Crippen LogP contribution >= 0.6 is 27.5 Å². The van der Waals surface area contributed by atoms with Gasteiger partial charge in [-0.05, 0) is 43.6 Å². The molecule has 1 aliphatic rings. The predicted molar refractivity (Wildman–Crippen MR) is 65.2 cm³/mol. The quantitative estimate of drug-likeness (QED) is 0.833. The van der Waals surface area contributed by atoms with Gasteiger partial charge >= 0.3 is 0 Å². The molecule has 2 rings (SSSR count). The molecule has 2 nitrogen and oxygen atoms in total. The van der Waals surface area contributed by atoms with Gasteiger partial charge in [-0.15, -0.1) is 0 Å². The van der Waals surface area contributed by atoms with Crippen molar-refractivity contribution in [2.45, 2.75) is 18.4 Å². The number of halogens is 2. The Bertz CT molecular complexity index is 364. The van der Waals surface area contributed by atoms with Crippen LogP contribution in [-0.4, -0.2) is 18.2 Å². The van der Waals surface area contributed by atoms with Gasteiger partial charge in [-0.25, -0.2) is 0 Å². The summed E-state index contributed by atoms with van der Waals surface area (Å²) < 4.78 is 0.888. The van der Waals surface area contributed by atoms with E-state index >= 15 is 0 Å². The normalized spacial score (nSPS) is 20.2. The van der Waals surface area contributed by atoms with Gasteiger partial charge in [0.15, 0.2) is 0 Å². The Hall–Kier alpha value is -0.0900. The van der Waals surface area contributed by atoms with E-state index in [-0.39, 0.29) is 0 Å². The van der Waals surface area contributed by atoms with E-state index in [4.69, 9.17) is 11.6 Å².